The lowest BCUT2D eigenvalue weighted by atomic mass is 10.0. The summed E-state index contributed by atoms with van der Waals surface area (Å²) in [5, 5.41) is 10.7. The first-order valence-corrected chi connectivity index (χ1v) is 13.0. The number of hydrogen-bond acceptors (Lipinski definition) is 5. The van der Waals surface area contributed by atoms with E-state index in [2.05, 4.69) is 5.32 Å². The van der Waals surface area contributed by atoms with Gasteiger partial charge in [-0.3, -0.25) is 10.2 Å². The van der Waals surface area contributed by atoms with Crippen molar-refractivity contribution >= 4 is 33.0 Å². The number of amides is 1. The number of nitrogens with one attached hydrogen (secondary N) is 2. The number of nitrogens with zero attached hydrogens (tertiary/aromatic N) is 1. The molecule has 11 heteroatoms. The SMILES string of the molecule is CC(C)(CN(C(=O)C(F)(F)F)c1ccc(-c2ccccc2S(C)(=O)=O)cc1)Nc1cccc(C(=N)N)c1. The van der Waals surface area contributed by atoms with Crippen molar-refractivity contribution in [3.63, 3.8) is 0 Å². The van der Waals surface area contributed by atoms with Crippen molar-refractivity contribution in [2.75, 3.05) is 23.0 Å². The summed E-state index contributed by atoms with van der Waals surface area (Å²) in [6.07, 6.45) is -4.04. The molecule has 0 atom stereocenters. The van der Waals surface area contributed by atoms with Gasteiger partial charge in [-0.15, -0.1) is 0 Å². The van der Waals surface area contributed by atoms with Gasteiger partial charge in [-0.2, -0.15) is 13.2 Å². The maximum Gasteiger partial charge on any atom is 0.471 e. The zero-order chi connectivity index (χ0) is 27.6. The zero-order valence-corrected chi connectivity index (χ0v) is 21.2. The average molecular weight is 533 g/mol. The summed E-state index contributed by atoms with van der Waals surface area (Å²) in [7, 11) is -3.55. The minimum atomic E-state index is -5.12. The third-order valence-electron chi connectivity index (χ3n) is 5.47. The van der Waals surface area contributed by atoms with E-state index in [1.54, 1.807) is 56.3 Å². The second-order valence-electron chi connectivity index (χ2n) is 9.21. The number of carbonyl (C=O) groups is 1. The Morgan fingerprint density at radius 3 is 2.19 bits per heavy atom. The summed E-state index contributed by atoms with van der Waals surface area (Å²) in [5.41, 5.74) is 6.32. The molecule has 3 rings (SSSR count). The molecule has 4 N–H and O–H groups in total. The third-order valence-corrected chi connectivity index (χ3v) is 6.63. The summed E-state index contributed by atoms with van der Waals surface area (Å²) in [5.74, 6) is -2.20. The number of nitrogen functional groups attached to an aromatic ring is 1. The predicted octanol–water partition coefficient (Wildman–Crippen LogP) is 4.83. The van der Waals surface area contributed by atoms with Crippen LogP contribution in [0.25, 0.3) is 11.1 Å². The Morgan fingerprint density at radius 2 is 1.62 bits per heavy atom. The van der Waals surface area contributed by atoms with Gasteiger partial charge in [-0.1, -0.05) is 42.5 Å². The predicted molar refractivity (Wildman–Crippen MR) is 139 cm³/mol. The van der Waals surface area contributed by atoms with Gasteiger partial charge < -0.3 is 16.0 Å². The number of sulfone groups is 1. The molecule has 3 aromatic rings. The molecule has 0 saturated carbocycles. The van der Waals surface area contributed by atoms with E-state index in [4.69, 9.17) is 11.1 Å². The number of hydrogen-bond donors (Lipinski definition) is 3. The lowest BCUT2D eigenvalue weighted by Crippen LogP contribution is -2.50. The molecule has 0 saturated heterocycles. The van der Waals surface area contributed by atoms with Crippen LogP contribution in [0.1, 0.15) is 19.4 Å². The van der Waals surface area contributed by atoms with E-state index in [-0.39, 0.29) is 23.0 Å². The maximum absolute atomic E-state index is 13.5. The first-order chi connectivity index (χ1) is 17.1. The van der Waals surface area contributed by atoms with E-state index in [1.807, 2.05) is 0 Å². The van der Waals surface area contributed by atoms with E-state index in [0.717, 1.165) is 6.26 Å². The highest BCUT2D eigenvalue weighted by atomic mass is 32.2. The summed E-state index contributed by atoms with van der Waals surface area (Å²) >= 11 is 0. The molecule has 0 aliphatic heterocycles. The number of anilines is 2. The van der Waals surface area contributed by atoms with Crippen LogP contribution in [0.15, 0.2) is 77.7 Å². The largest absolute Gasteiger partial charge is 0.471 e. The van der Waals surface area contributed by atoms with Gasteiger partial charge in [0, 0.05) is 40.8 Å². The zero-order valence-electron chi connectivity index (χ0n) is 20.4. The summed E-state index contributed by atoms with van der Waals surface area (Å²) < 4.78 is 65.0. The Labute approximate surface area is 213 Å². The molecule has 7 nitrogen and oxygen atoms in total. The van der Waals surface area contributed by atoms with E-state index < -0.39 is 27.5 Å². The van der Waals surface area contributed by atoms with Crippen LogP contribution in [0.2, 0.25) is 0 Å². The van der Waals surface area contributed by atoms with Crippen molar-refractivity contribution in [3.8, 4) is 11.1 Å². The van der Waals surface area contributed by atoms with Gasteiger partial charge in [0.05, 0.1) is 4.90 Å². The molecule has 37 heavy (non-hydrogen) atoms. The van der Waals surface area contributed by atoms with Crippen molar-refractivity contribution < 1.29 is 26.4 Å². The monoisotopic (exact) mass is 532 g/mol. The molecule has 0 aromatic heterocycles. The molecule has 3 aromatic carbocycles. The van der Waals surface area contributed by atoms with Crippen LogP contribution in [0.5, 0.6) is 0 Å². The topological polar surface area (TPSA) is 116 Å². The molecule has 0 spiro atoms. The molecule has 0 bridgehead atoms. The van der Waals surface area contributed by atoms with Crippen molar-refractivity contribution in [3.05, 3.63) is 78.4 Å². The maximum atomic E-state index is 13.5. The minimum Gasteiger partial charge on any atom is -0.384 e. The summed E-state index contributed by atoms with van der Waals surface area (Å²) in [6, 6.07) is 18.5. The Hall–Kier alpha value is -3.86. The van der Waals surface area contributed by atoms with Crippen molar-refractivity contribution in [2.45, 2.75) is 30.5 Å². The quantitative estimate of drug-likeness (QED) is 0.284. The Balaban J connectivity index is 1.96. The Bertz CT molecular complexity index is 1420. The fourth-order valence-electron chi connectivity index (χ4n) is 3.87. The molecule has 0 aliphatic rings. The van der Waals surface area contributed by atoms with Crippen molar-refractivity contribution in [1.82, 2.24) is 0 Å². The van der Waals surface area contributed by atoms with Gasteiger partial charge >= 0.3 is 12.1 Å². The number of halogens is 3. The highest BCUT2D eigenvalue weighted by molar-refractivity contribution is 7.90. The fraction of sp³-hybridized carbons (Fsp3) is 0.231. The lowest BCUT2D eigenvalue weighted by molar-refractivity contribution is -0.170. The third kappa shape index (κ3) is 6.88. The number of rotatable bonds is 8. The van der Waals surface area contributed by atoms with Gasteiger partial charge in [0.15, 0.2) is 9.84 Å². The minimum absolute atomic E-state index is 0.00438. The fourth-order valence-corrected chi connectivity index (χ4v) is 4.78. The molecule has 0 radical (unpaired) electrons. The smallest absolute Gasteiger partial charge is 0.384 e. The van der Waals surface area contributed by atoms with Crippen LogP contribution in [0.3, 0.4) is 0 Å². The lowest BCUT2D eigenvalue weighted by Gasteiger charge is -2.35. The number of amidine groups is 1. The van der Waals surface area contributed by atoms with Crippen LogP contribution >= 0.6 is 0 Å². The van der Waals surface area contributed by atoms with Gasteiger partial charge in [-0.25, -0.2) is 8.42 Å². The van der Waals surface area contributed by atoms with Crippen LogP contribution in [-0.4, -0.2) is 44.7 Å². The van der Waals surface area contributed by atoms with Gasteiger partial charge in [0.2, 0.25) is 0 Å². The molecule has 196 valence electrons. The first kappa shape index (κ1) is 27.7. The van der Waals surface area contributed by atoms with E-state index >= 15 is 0 Å². The number of benzene rings is 3. The van der Waals surface area contributed by atoms with Crippen LogP contribution in [-0.2, 0) is 14.6 Å². The normalized spacial score (nSPS) is 12.2. The molecule has 0 unspecified atom stereocenters. The second-order valence-corrected chi connectivity index (χ2v) is 11.2. The van der Waals surface area contributed by atoms with Crippen LogP contribution in [0, 0.1) is 5.41 Å². The summed E-state index contributed by atoms with van der Waals surface area (Å²) in [6.45, 7) is 2.93. The van der Waals surface area contributed by atoms with E-state index in [0.29, 0.717) is 27.3 Å². The van der Waals surface area contributed by atoms with Crippen LogP contribution in [0.4, 0.5) is 24.5 Å². The van der Waals surface area contributed by atoms with Crippen LogP contribution < -0.4 is 16.0 Å². The highest BCUT2D eigenvalue weighted by Gasteiger charge is 2.44. The van der Waals surface area contributed by atoms with Crippen molar-refractivity contribution in [1.29, 1.82) is 5.41 Å². The Morgan fingerprint density at radius 1 is 1.00 bits per heavy atom. The van der Waals surface area contributed by atoms with Gasteiger partial charge in [0.25, 0.3) is 0 Å². The molecule has 0 heterocycles. The number of nitrogens with two attached hydrogens (primary N) is 1. The van der Waals surface area contributed by atoms with Gasteiger partial charge in [-0.05, 0) is 49.7 Å². The molecule has 0 fully saturated rings. The van der Waals surface area contributed by atoms with Crippen molar-refractivity contribution in [2.24, 2.45) is 5.73 Å². The molecule has 1 amide bonds. The van der Waals surface area contributed by atoms with E-state index in [1.165, 1.54) is 30.3 Å². The second kappa shape index (κ2) is 10.3. The average Bonchev–Trinajstić information content (AvgIpc) is 2.81. The first-order valence-electron chi connectivity index (χ1n) is 11.1. The van der Waals surface area contributed by atoms with Gasteiger partial charge in [0.1, 0.15) is 5.84 Å². The number of carbonyl (C=O) groups excluding carboxylic acids is 1. The standard InChI is InChI=1S/C26H27F3N4O3S/c1-25(2,32-19-8-6-7-18(15-19)23(30)31)16-33(24(34)26(27,28)29)20-13-11-17(12-14-20)21-9-4-5-10-22(21)37(3,35)36/h4-15,32H,16H2,1-3H3,(H3,30,31). The Kier molecular flexibility index (Phi) is 7.68. The highest BCUT2D eigenvalue weighted by Crippen LogP contribution is 2.31. The van der Waals surface area contributed by atoms with E-state index in [9.17, 15) is 26.4 Å². The molecule has 0 aliphatic carbocycles. The number of alkyl halides is 3. The molecular weight excluding hydrogens is 505 g/mol. The molecular formula is C26H27F3N4O3S. The summed E-state index contributed by atoms with van der Waals surface area (Å²) in [4.78, 5) is 13.1.